The maximum absolute atomic E-state index is 14.4. The van der Waals surface area contributed by atoms with Crippen LogP contribution in [0.5, 0.6) is 0 Å². The number of hydrogen-bond donors (Lipinski definition) is 1. The molecule has 2 aliphatic rings. The summed E-state index contributed by atoms with van der Waals surface area (Å²) in [7, 11) is 0. The maximum Gasteiger partial charge on any atom is 0.251 e. The normalized spacial score (nSPS) is 21.2. The molecule has 0 radical (unpaired) electrons. The van der Waals surface area contributed by atoms with Crippen LogP contribution in [0.2, 0.25) is 0 Å². The highest BCUT2D eigenvalue weighted by Crippen LogP contribution is 2.34. The zero-order valence-electron chi connectivity index (χ0n) is 21.9. The molecule has 196 valence electrons. The van der Waals surface area contributed by atoms with Crippen molar-refractivity contribution >= 4 is 17.5 Å². The number of likely N-dealkylation sites (tertiary alicyclic amines) is 1. The molecule has 1 N–H and O–H groups in total. The van der Waals surface area contributed by atoms with Crippen LogP contribution in [0.4, 0.5) is 10.1 Å². The molecule has 3 unspecified atom stereocenters. The van der Waals surface area contributed by atoms with E-state index in [1.54, 1.807) is 24.5 Å². The lowest BCUT2D eigenvalue weighted by Crippen LogP contribution is -2.51. The van der Waals surface area contributed by atoms with Gasteiger partial charge in [0.1, 0.15) is 18.3 Å². The van der Waals surface area contributed by atoms with Gasteiger partial charge in [0.25, 0.3) is 5.91 Å². The quantitative estimate of drug-likeness (QED) is 0.570. The van der Waals surface area contributed by atoms with Crippen LogP contribution in [-0.2, 0) is 15.0 Å². The first-order valence-electron chi connectivity index (χ1n) is 13.1. The minimum Gasteiger partial charge on any atom is -0.351 e. The van der Waals surface area contributed by atoms with Crippen LogP contribution in [0.1, 0.15) is 76.5 Å². The Hall–Kier alpha value is -3.47. The average Bonchev–Trinajstić information content (AvgIpc) is 3.28. The third-order valence-electron chi connectivity index (χ3n) is 7.37. The molecule has 2 fully saturated rings. The number of carbonyl (C=O) groups excluding carboxylic acids is 2. The Bertz CT molecular complexity index is 1120. The van der Waals surface area contributed by atoms with Crippen molar-refractivity contribution in [2.75, 3.05) is 11.4 Å². The number of nitrogens with one attached hydrogen (secondary N) is 1. The Kier molecular flexibility index (Phi) is 8.11. The summed E-state index contributed by atoms with van der Waals surface area (Å²) >= 11 is 0. The SMILES string of the molecule is CC(C)(C)c1ccc(N(C(=O)C2CC(F)CN2C#N)C(C(=O)NC2CCCCC2)c2cccnc2)cc1. The third kappa shape index (κ3) is 6.10. The van der Waals surface area contributed by atoms with Crippen molar-refractivity contribution in [1.29, 1.82) is 5.26 Å². The number of alkyl halides is 1. The topological polar surface area (TPSA) is 89.3 Å². The lowest BCUT2D eigenvalue weighted by atomic mass is 9.87. The monoisotopic (exact) mass is 505 g/mol. The highest BCUT2D eigenvalue weighted by molar-refractivity contribution is 6.04. The van der Waals surface area contributed by atoms with E-state index in [0.717, 1.165) is 37.7 Å². The summed E-state index contributed by atoms with van der Waals surface area (Å²) in [5.41, 5.74) is 2.06. The minimum atomic E-state index is -1.29. The molecule has 1 aromatic carbocycles. The smallest absolute Gasteiger partial charge is 0.251 e. The van der Waals surface area contributed by atoms with E-state index in [9.17, 15) is 19.2 Å². The predicted molar refractivity (Wildman–Crippen MR) is 140 cm³/mol. The van der Waals surface area contributed by atoms with Gasteiger partial charge in [-0.2, -0.15) is 5.26 Å². The van der Waals surface area contributed by atoms with Crippen LogP contribution < -0.4 is 10.2 Å². The number of amides is 2. The van der Waals surface area contributed by atoms with Crippen LogP contribution in [0.3, 0.4) is 0 Å². The second-order valence-corrected chi connectivity index (χ2v) is 11.1. The number of nitrogens with zero attached hydrogens (tertiary/aromatic N) is 4. The molecular formula is C29H36FN5O2. The Balaban J connectivity index is 1.78. The molecule has 1 saturated carbocycles. The number of halogens is 1. The molecule has 3 atom stereocenters. The van der Waals surface area contributed by atoms with Gasteiger partial charge in [0.15, 0.2) is 6.19 Å². The predicted octanol–water partition coefficient (Wildman–Crippen LogP) is 4.80. The molecule has 2 aromatic rings. The number of hydrogen-bond acceptors (Lipinski definition) is 5. The summed E-state index contributed by atoms with van der Waals surface area (Å²) in [5.74, 6) is -0.774. The number of aromatic nitrogens is 1. The van der Waals surface area contributed by atoms with Gasteiger partial charge in [-0.1, -0.05) is 58.2 Å². The first-order valence-corrected chi connectivity index (χ1v) is 13.1. The summed E-state index contributed by atoms with van der Waals surface area (Å²) in [5, 5.41) is 12.8. The van der Waals surface area contributed by atoms with E-state index < -0.39 is 24.2 Å². The molecule has 7 nitrogen and oxygen atoms in total. The van der Waals surface area contributed by atoms with Crippen molar-refractivity contribution in [2.45, 2.75) is 89.0 Å². The van der Waals surface area contributed by atoms with Crippen LogP contribution in [-0.4, -0.2) is 46.5 Å². The number of pyridine rings is 1. The van der Waals surface area contributed by atoms with Gasteiger partial charge in [0, 0.05) is 36.1 Å². The molecule has 4 rings (SSSR count). The highest BCUT2D eigenvalue weighted by Gasteiger charge is 2.43. The van der Waals surface area contributed by atoms with E-state index in [2.05, 4.69) is 31.1 Å². The fourth-order valence-electron chi connectivity index (χ4n) is 5.30. The number of anilines is 1. The second kappa shape index (κ2) is 11.3. The third-order valence-corrected chi connectivity index (χ3v) is 7.37. The summed E-state index contributed by atoms with van der Waals surface area (Å²) in [6, 6.07) is 9.10. The van der Waals surface area contributed by atoms with Gasteiger partial charge in [0.05, 0.1) is 6.54 Å². The molecule has 0 bridgehead atoms. The maximum atomic E-state index is 14.4. The summed E-state index contributed by atoms with van der Waals surface area (Å²) < 4.78 is 14.4. The number of nitriles is 1. The largest absolute Gasteiger partial charge is 0.351 e. The average molecular weight is 506 g/mol. The van der Waals surface area contributed by atoms with Gasteiger partial charge in [-0.3, -0.25) is 24.4 Å². The first-order chi connectivity index (χ1) is 17.7. The Labute approximate surface area is 218 Å². The van der Waals surface area contributed by atoms with Crippen molar-refractivity contribution in [1.82, 2.24) is 15.2 Å². The first kappa shape index (κ1) is 26.6. The molecule has 8 heteroatoms. The molecular weight excluding hydrogens is 469 g/mol. The van der Waals surface area contributed by atoms with Gasteiger partial charge in [0.2, 0.25) is 5.91 Å². The number of carbonyl (C=O) groups is 2. The van der Waals surface area contributed by atoms with Crippen molar-refractivity contribution in [3.63, 3.8) is 0 Å². The molecule has 2 amide bonds. The number of rotatable bonds is 6. The van der Waals surface area contributed by atoms with Crippen molar-refractivity contribution in [2.24, 2.45) is 0 Å². The summed E-state index contributed by atoms with van der Waals surface area (Å²) in [4.78, 5) is 34.9. The number of benzene rings is 1. The van der Waals surface area contributed by atoms with Crippen molar-refractivity contribution in [3.05, 3.63) is 59.9 Å². The molecule has 1 aliphatic carbocycles. The zero-order chi connectivity index (χ0) is 26.6. The Morgan fingerprint density at radius 2 is 1.86 bits per heavy atom. The lowest BCUT2D eigenvalue weighted by Gasteiger charge is -2.35. The highest BCUT2D eigenvalue weighted by atomic mass is 19.1. The Morgan fingerprint density at radius 3 is 2.46 bits per heavy atom. The summed E-state index contributed by atoms with van der Waals surface area (Å²) in [6.07, 6.45) is 8.85. The van der Waals surface area contributed by atoms with Gasteiger partial charge in [-0.05, 0) is 42.0 Å². The van der Waals surface area contributed by atoms with Crippen LogP contribution in [0.25, 0.3) is 0 Å². The van der Waals surface area contributed by atoms with Crippen LogP contribution in [0.15, 0.2) is 48.8 Å². The molecule has 1 aliphatic heterocycles. The summed E-state index contributed by atoms with van der Waals surface area (Å²) in [6.45, 7) is 6.18. The molecule has 1 aromatic heterocycles. The van der Waals surface area contributed by atoms with Gasteiger partial charge >= 0.3 is 0 Å². The Morgan fingerprint density at radius 1 is 1.16 bits per heavy atom. The van der Waals surface area contributed by atoms with Crippen LogP contribution in [0, 0.1) is 11.5 Å². The standard InChI is InChI=1S/C29H36FN5O2/c1-29(2,3)21-11-13-24(14-12-21)35(28(37)25-16-22(30)18-34(25)19-31)26(20-8-7-15-32-17-20)27(36)33-23-9-5-4-6-10-23/h7-8,11-15,17,22-23,25-26H,4-6,9-10,16,18H2,1-3H3,(H,33,36). The fourth-order valence-corrected chi connectivity index (χ4v) is 5.30. The minimum absolute atomic E-state index is 0.0398. The van der Waals surface area contributed by atoms with Gasteiger partial charge in [-0.25, -0.2) is 4.39 Å². The molecule has 37 heavy (non-hydrogen) atoms. The fraction of sp³-hybridized carbons (Fsp3) is 0.517. The van der Waals surface area contributed by atoms with Crippen LogP contribution >= 0.6 is 0 Å². The van der Waals surface area contributed by atoms with E-state index >= 15 is 0 Å². The zero-order valence-corrected chi connectivity index (χ0v) is 21.9. The van der Waals surface area contributed by atoms with E-state index in [1.807, 2.05) is 30.5 Å². The van der Waals surface area contributed by atoms with Gasteiger partial charge < -0.3 is 5.32 Å². The van der Waals surface area contributed by atoms with E-state index in [4.69, 9.17) is 0 Å². The van der Waals surface area contributed by atoms with E-state index in [-0.39, 0.29) is 30.3 Å². The second-order valence-electron chi connectivity index (χ2n) is 11.1. The molecule has 1 saturated heterocycles. The van der Waals surface area contributed by atoms with Crippen molar-refractivity contribution in [3.8, 4) is 6.19 Å². The van der Waals surface area contributed by atoms with E-state index in [1.165, 1.54) is 9.80 Å². The molecule has 0 spiro atoms. The van der Waals surface area contributed by atoms with Gasteiger partial charge in [-0.15, -0.1) is 0 Å². The van der Waals surface area contributed by atoms with Crippen molar-refractivity contribution < 1.29 is 14.0 Å². The molecule has 2 heterocycles. The van der Waals surface area contributed by atoms with E-state index in [0.29, 0.717) is 11.3 Å². The lowest BCUT2D eigenvalue weighted by molar-refractivity contribution is -0.128.